The second-order valence-electron chi connectivity index (χ2n) is 7.64. The van der Waals surface area contributed by atoms with Gasteiger partial charge in [0.1, 0.15) is 12.4 Å². The molecular formula is C24H22FN3O. The molecule has 0 radical (unpaired) electrons. The van der Waals surface area contributed by atoms with E-state index in [2.05, 4.69) is 33.8 Å². The van der Waals surface area contributed by atoms with Gasteiger partial charge in [0.2, 0.25) is 5.91 Å². The molecule has 29 heavy (non-hydrogen) atoms. The Labute approximate surface area is 168 Å². The number of halogens is 1. The van der Waals surface area contributed by atoms with Crippen LogP contribution in [-0.4, -0.2) is 33.4 Å². The molecule has 0 aliphatic carbocycles. The third-order valence-electron chi connectivity index (χ3n) is 5.86. The molecule has 4 aromatic rings. The minimum atomic E-state index is -0.242. The normalized spacial score (nSPS) is 14.6. The Kier molecular flexibility index (Phi) is 4.23. The highest BCUT2D eigenvalue weighted by Crippen LogP contribution is 2.30. The molecule has 5 rings (SSSR count). The van der Waals surface area contributed by atoms with Crippen LogP contribution in [0.15, 0.2) is 60.8 Å². The number of nitrogens with zero attached hydrogens (tertiary/aromatic N) is 2. The summed E-state index contributed by atoms with van der Waals surface area (Å²) in [4.78, 5) is 18.0. The molecule has 4 nitrogen and oxygen atoms in total. The highest BCUT2D eigenvalue weighted by molar-refractivity contribution is 5.93. The van der Waals surface area contributed by atoms with Crippen molar-refractivity contribution in [3.63, 3.8) is 0 Å². The Morgan fingerprint density at radius 3 is 2.86 bits per heavy atom. The third kappa shape index (κ3) is 3.12. The van der Waals surface area contributed by atoms with E-state index in [0.717, 1.165) is 39.5 Å². The minimum Gasteiger partial charge on any atom is -0.360 e. The zero-order chi connectivity index (χ0) is 20.0. The number of nitrogens with one attached hydrogen (secondary N) is 1. The maximum absolute atomic E-state index is 13.4. The first-order valence-electron chi connectivity index (χ1n) is 9.89. The molecule has 0 spiro atoms. The standard InChI is InChI=1S/C24H22FN3O/c1-16-12-18-4-2-3-5-23(18)28(16)15-24(29)27-10-8-17(9-11-27)21-14-26-22-13-19(25)6-7-20(21)22/h2-8,12-14,26H,9-11,15H2,1H3. The number of carbonyl (C=O) groups is 1. The fourth-order valence-corrected chi connectivity index (χ4v) is 4.30. The van der Waals surface area contributed by atoms with Crippen molar-refractivity contribution in [1.29, 1.82) is 0 Å². The highest BCUT2D eigenvalue weighted by atomic mass is 19.1. The zero-order valence-electron chi connectivity index (χ0n) is 16.3. The van der Waals surface area contributed by atoms with Crippen molar-refractivity contribution in [2.24, 2.45) is 0 Å². The van der Waals surface area contributed by atoms with Crippen molar-refractivity contribution in [2.45, 2.75) is 19.9 Å². The highest BCUT2D eigenvalue weighted by Gasteiger charge is 2.20. The van der Waals surface area contributed by atoms with E-state index in [9.17, 15) is 9.18 Å². The van der Waals surface area contributed by atoms with Crippen LogP contribution >= 0.6 is 0 Å². The molecule has 0 unspecified atom stereocenters. The van der Waals surface area contributed by atoms with Crippen LogP contribution in [0.1, 0.15) is 17.7 Å². The van der Waals surface area contributed by atoms with Gasteiger partial charge >= 0.3 is 0 Å². The zero-order valence-corrected chi connectivity index (χ0v) is 16.3. The second kappa shape index (κ2) is 6.92. The molecule has 1 N–H and O–H groups in total. The summed E-state index contributed by atoms with van der Waals surface area (Å²) < 4.78 is 15.5. The maximum atomic E-state index is 13.4. The van der Waals surface area contributed by atoms with Crippen LogP contribution < -0.4 is 0 Å². The van der Waals surface area contributed by atoms with Crippen molar-refractivity contribution >= 4 is 33.3 Å². The summed E-state index contributed by atoms with van der Waals surface area (Å²) in [6.07, 6.45) is 4.85. The van der Waals surface area contributed by atoms with Gasteiger partial charge in [-0.1, -0.05) is 24.3 Å². The van der Waals surface area contributed by atoms with Crippen LogP contribution in [-0.2, 0) is 11.3 Å². The van der Waals surface area contributed by atoms with E-state index in [0.29, 0.717) is 19.6 Å². The van der Waals surface area contributed by atoms with Gasteiger partial charge in [-0.25, -0.2) is 4.39 Å². The Bertz CT molecular complexity index is 1260. The predicted octanol–water partition coefficient (Wildman–Crippen LogP) is 4.89. The monoisotopic (exact) mass is 387 g/mol. The number of aryl methyl sites for hydroxylation is 1. The lowest BCUT2D eigenvalue weighted by Gasteiger charge is -2.27. The van der Waals surface area contributed by atoms with E-state index in [1.54, 1.807) is 0 Å². The van der Waals surface area contributed by atoms with E-state index >= 15 is 0 Å². The molecule has 0 saturated heterocycles. The van der Waals surface area contributed by atoms with E-state index in [-0.39, 0.29) is 11.7 Å². The average Bonchev–Trinajstić information content (AvgIpc) is 3.28. The van der Waals surface area contributed by atoms with Crippen LogP contribution in [0.25, 0.3) is 27.4 Å². The predicted molar refractivity (Wildman–Crippen MR) is 114 cm³/mol. The fourth-order valence-electron chi connectivity index (χ4n) is 4.30. The average molecular weight is 387 g/mol. The number of carbonyl (C=O) groups excluding carboxylic acids is 1. The van der Waals surface area contributed by atoms with E-state index in [1.807, 2.05) is 36.2 Å². The molecule has 0 bridgehead atoms. The van der Waals surface area contributed by atoms with Crippen molar-refractivity contribution in [3.8, 4) is 0 Å². The molecule has 0 atom stereocenters. The number of aromatic amines is 1. The van der Waals surface area contributed by atoms with Crippen molar-refractivity contribution < 1.29 is 9.18 Å². The van der Waals surface area contributed by atoms with Crippen LogP contribution in [0.5, 0.6) is 0 Å². The summed E-state index contributed by atoms with van der Waals surface area (Å²) >= 11 is 0. The lowest BCUT2D eigenvalue weighted by Crippen LogP contribution is -2.37. The Morgan fingerprint density at radius 1 is 1.17 bits per heavy atom. The quantitative estimate of drug-likeness (QED) is 0.534. The molecule has 146 valence electrons. The first kappa shape index (κ1) is 17.7. The minimum absolute atomic E-state index is 0.130. The van der Waals surface area contributed by atoms with Crippen molar-refractivity contribution in [3.05, 3.63) is 77.9 Å². The van der Waals surface area contributed by atoms with Gasteiger partial charge < -0.3 is 14.5 Å². The third-order valence-corrected chi connectivity index (χ3v) is 5.86. The summed E-state index contributed by atoms with van der Waals surface area (Å²) in [5.74, 6) is -0.112. The van der Waals surface area contributed by atoms with Gasteiger partial charge in [-0.15, -0.1) is 0 Å². The smallest absolute Gasteiger partial charge is 0.242 e. The van der Waals surface area contributed by atoms with Crippen LogP contribution in [0, 0.1) is 12.7 Å². The molecule has 1 aliphatic rings. The first-order valence-corrected chi connectivity index (χ1v) is 9.89. The molecule has 1 aliphatic heterocycles. The summed E-state index contributed by atoms with van der Waals surface area (Å²) in [7, 11) is 0. The van der Waals surface area contributed by atoms with Crippen molar-refractivity contribution in [1.82, 2.24) is 14.5 Å². The van der Waals surface area contributed by atoms with Gasteiger partial charge in [0.05, 0.1) is 0 Å². The SMILES string of the molecule is Cc1cc2ccccc2n1CC(=O)N1CC=C(c2c[nH]c3cc(F)ccc23)CC1. The van der Waals surface area contributed by atoms with E-state index < -0.39 is 0 Å². The Hall–Kier alpha value is -3.34. The van der Waals surface area contributed by atoms with Gasteiger partial charge in [0.25, 0.3) is 0 Å². The van der Waals surface area contributed by atoms with Crippen LogP contribution in [0.2, 0.25) is 0 Å². The van der Waals surface area contributed by atoms with Gasteiger partial charge in [0, 0.05) is 47.0 Å². The summed E-state index contributed by atoms with van der Waals surface area (Å²) in [6, 6.07) is 15.1. The van der Waals surface area contributed by atoms with E-state index in [4.69, 9.17) is 0 Å². The number of hydrogen-bond acceptors (Lipinski definition) is 1. The maximum Gasteiger partial charge on any atom is 0.242 e. The lowest BCUT2D eigenvalue weighted by molar-refractivity contribution is -0.131. The van der Waals surface area contributed by atoms with Crippen LogP contribution in [0.3, 0.4) is 0 Å². The number of fused-ring (bicyclic) bond motifs is 2. The molecule has 0 fully saturated rings. The molecule has 0 saturated carbocycles. The van der Waals surface area contributed by atoms with Crippen LogP contribution in [0.4, 0.5) is 4.39 Å². The largest absolute Gasteiger partial charge is 0.360 e. The topological polar surface area (TPSA) is 41.0 Å². The second-order valence-corrected chi connectivity index (χ2v) is 7.64. The van der Waals surface area contributed by atoms with Gasteiger partial charge in [-0.2, -0.15) is 0 Å². The van der Waals surface area contributed by atoms with Gasteiger partial charge in [0.15, 0.2) is 0 Å². The van der Waals surface area contributed by atoms with Crippen molar-refractivity contribution in [2.75, 3.05) is 13.1 Å². The number of hydrogen-bond donors (Lipinski definition) is 1. The molecule has 3 heterocycles. The summed E-state index contributed by atoms with van der Waals surface area (Å²) in [5.41, 5.74) is 5.29. The molecule has 5 heteroatoms. The molecule has 1 amide bonds. The summed E-state index contributed by atoms with van der Waals surface area (Å²) in [6.45, 7) is 3.69. The number of para-hydroxylation sites is 1. The Balaban J connectivity index is 1.34. The Morgan fingerprint density at radius 2 is 2.03 bits per heavy atom. The number of benzene rings is 2. The number of rotatable bonds is 3. The number of H-pyrrole nitrogens is 1. The number of aromatic nitrogens is 2. The molecule has 2 aromatic heterocycles. The molecule has 2 aromatic carbocycles. The molecular weight excluding hydrogens is 365 g/mol. The number of amides is 1. The first-order chi connectivity index (χ1) is 14.1. The summed E-state index contributed by atoms with van der Waals surface area (Å²) in [5, 5.41) is 2.18. The fraction of sp³-hybridized carbons (Fsp3) is 0.208. The van der Waals surface area contributed by atoms with Gasteiger partial charge in [-0.05, 0) is 54.6 Å². The van der Waals surface area contributed by atoms with E-state index in [1.165, 1.54) is 17.7 Å². The van der Waals surface area contributed by atoms with Gasteiger partial charge in [-0.3, -0.25) is 4.79 Å². The lowest BCUT2D eigenvalue weighted by atomic mass is 9.99.